The van der Waals surface area contributed by atoms with E-state index in [1.165, 1.54) is 31.4 Å². The summed E-state index contributed by atoms with van der Waals surface area (Å²) in [4.78, 5) is 9.94. The fraction of sp³-hybridized carbons (Fsp3) is 0.625. The number of benzene rings is 1. The van der Waals surface area contributed by atoms with Crippen molar-refractivity contribution in [1.29, 1.82) is 0 Å². The van der Waals surface area contributed by atoms with Gasteiger partial charge in [0, 0.05) is 12.1 Å². The standard InChI is InChI=1S/C16H23FN2O2/c1-2-3-11-4-6-15(18)13(8-11)9-12-5-7-16(19(20)21)14(17)10-12/h5,7,10-11,13,15H,2-4,6,8-9,18H2,1H3. The molecule has 1 aliphatic rings. The molecule has 0 radical (unpaired) electrons. The highest BCUT2D eigenvalue weighted by Crippen LogP contribution is 2.33. The first-order valence-corrected chi connectivity index (χ1v) is 7.69. The number of halogens is 1. The number of nitrogens with zero attached hydrogens (tertiary/aromatic N) is 1. The number of rotatable bonds is 5. The Bertz CT molecular complexity index is 507. The molecule has 0 bridgehead atoms. The van der Waals surface area contributed by atoms with Gasteiger partial charge in [-0.1, -0.05) is 25.8 Å². The van der Waals surface area contributed by atoms with E-state index in [2.05, 4.69) is 6.92 Å². The molecule has 2 N–H and O–H groups in total. The molecule has 0 saturated heterocycles. The van der Waals surface area contributed by atoms with Crippen molar-refractivity contribution in [3.63, 3.8) is 0 Å². The van der Waals surface area contributed by atoms with Crippen LogP contribution in [0.15, 0.2) is 18.2 Å². The highest BCUT2D eigenvalue weighted by atomic mass is 19.1. The van der Waals surface area contributed by atoms with Gasteiger partial charge in [-0.2, -0.15) is 4.39 Å². The molecule has 3 unspecified atom stereocenters. The van der Waals surface area contributed by atoms with E-state index in [9.17, 15) is 14.5 Å². The molecule has 1 aromatic rings. The first kappa shape index (κ1) is 15.9. The quantitative estimate of drug-likeness (QED) is 0.663. The summed E-state index contributed by atoms with van der Waals surface area (Å²) in [7, 11) is 0. The summed E-state index contributed by atoms with van der Waals surface area (Å²) in [6.45, 7) is 2.19. The highest BCUT2D eigenvalue weighted by Gasteiger charge is 2.28. The van der Waals surface area contributed by atoms with Gasteiger partial charge in [-0.15, -0.1) is 0 Å². The SMILES string of the molecule is CCCC1CCC(N)C(Cc2ccc([N+](=O)[O-])c(F)c2)C1. The molecule has 1 fully saturated rings. The summed E-state index contributed by atoms with van der Waals surface area (Å²) in [5, 5.41) is 10.6. The third-order valence-electron chi connectivity index (χ3n) is 4.55. The minimum Gasteiger partial charge on any atom is -0.327 e. The zero-order chi connectivity index (χ0) is 15.4. The second-order valence-electron chi connectivity index (χ2n) is 6.14. The molecular formula is C16H23FN2O2. The van der Waals surface area contributed by atoms with Gasteiger partial charge >= 0.3 is 5.69 Å². The second-order valence-corrected chi connectivity index (χ2v) is 6.14. The van der Waals surface area contributed by atoms with Gasteiger partial charge in [0.1, 0.15) is 0 Å². The maximum atomic E-state index is 13.7. The van der Waals surface area contributed by atoms with Gasteiger partial charge < -0.3 is 5.73 Å². The van der Waals surface area contributed by atoms with E-state index in [1.807, 2.05) is 0 Å². The Hall–Kier alpha value is -1.49. The van der Waals surface area contributed by atoms with Crippen LogP contribution in [0.25, 0.3) is 0 Å². The minimum atomic E-state index is -0.757. The molecule has 4 nitrogen and oxygen atoms in total. The van der Waals surface area contributed by atoms with Crippen LogP contribution >= 0.6 is 0 Å². The number of nitro groups is 1. The molecule has 1 aromatic carbocycles. The lowest BCUT2D eigenvalue weighted by atomic mass is 9.74. The highest BCUT2D eigenvalue weighted by molar-refractivity contribution is 5.35. The Balaban J connectivity index is 2.05. The summed E-state index contributed by atoms with van der Waals surface area (Å²) in [5.74, 6) is 0.297. The van der Waals surface area contributed by atoms with Crippen LogP contribution in [0.4, 0.5) is 10.1 Å². The summed E-state index contributed by atoms with van der Waals surface area (Å²) in [5.41, 5.74) is 6.54. The van der Waals surface area contributed by atoms with Gasteiger partial charge in [-0.25, -0.2) is 0 Å². The van der Waals surface area contributed by atoms with Crippen LogP contribution in [0.2, 0.25) is 0 Å². The van der Waals surface area contributed by atoms with Crippen LogP contribution in [0.5, 0.6) is 0 Å². The third kappa shape index (κ3) is 4.00. The number of hydrogen-bond acceptors (Lipinski definition) is 3. The lowest BCUT2D eigenvalue weighted by Gasteiger charge is -2.34. The normalized spacial score (nSPS) is 25.8. The van der Waals surface area contributed by atoms with Crippen molar-refractivity contribution < 1.29 is 9.31 Å². The smallest absolute Gasteiger partial charge is 0.304 e. The Labute approximate surface area is 124 Å². The van der Waals surface area contributed by atoms with Crippen molar-refractivity contribution in [2.24, 2.45) is 17.6 Å². The average Bonchev–Trinajstić information content (AvgIpc) is 2.42. The molecule has 0 heterocycles. The second kappa shape index (κ2) is 6.98. The number of hydrogen-bond donors (Lipinski definition) is 1. The Morgan fingerprint density at radius 1 is 1.43 bits per heavy atom. The lowest BCUT2D eigenvalue weighted by Crippen LogP contribution is -2.37. The van der Waals surface area contributed by atoms with Crippen LogP contribution in [0.3, 0.4) is 0 Å². The van der Waals surface area contributed by atoms with Gasteiger partial charge in [0.2, 0.25) is 5.82 Å². The van der Waals surface area contributed by atoms with Crippen molar-refractivity contribution in [2.45, 2.75) is 51.5 Å². The minimum absolute atomic E-state index is 0.149. The zero-order valence-corrected chi connectivity index (χ0v) is 12.4. The Morgan fingerprint density at radius 2 is 2.19 bits per heavy atom. The molecular weight excluding hydrogens is 271 g/mol. The Morgan fingerprint density at radius 3 is 2.81 bits per heavy atom. The summed E-state index contributed by atoms with van der Waals surface area (Å²) in [6, 6.07) is 4.34. The molecule has 0 spiro atoms. The molecule has 0 aromatic heterocycles. The Kier molecular flexibility index (Phi) is 5.28. The lowest BCUT2D eigenvalue weighted by molar-refractivity contribution is -0.387. The summed E-state index contributed by atoms with van der Waals surface area (Å²) >= 11 is 0. The zero-order valence-electron chi connectivity index (χ0n) is 12.4. The maximum Gasteiger partial charge on any atom is 0.304 e. The molecule has 116 valence electrons. The van der Waals surface area contributed by atoms with Gasteiger partial charge in [-0.3, -0.25) is 10.1 Å². The molecule has 1 saturated carbocycles. The van der Waals surface area contributed by atoms with Gasteiger partial charge in [-0.05, 0) is 49.1 Å². The molecule has 3 atom stereocenters. The van der Waals surface area contributed by atoms with Gasteiger partial charge in [0.05, 0.1) is 4.92 Å². The maximum absolute atomic E-state index is 13.7. The van der Waals surface area contributed by atoms with E-state index >= 15 is 0 Å². The first-order valence-electron chi connectivity index (χ1n) is 7.69. The molecule has 21 heavy (non-hydrogen) atoms. The number of nitrogens with two attached hydrogens (primary N) is 1. The monoisotopic (exact) mass is 294 g/mol. The topological polar surface area (TPSA) is 69.2 Å². The van der Waals surface area contributed by atoms with E-state index in [-0.39, 0.29) is 6.04 Å². The summed E-state index contributed by atoms with van der Waals surface area (Å²) < 4.78 is 13.7. The molecule has 0 aliphatic heterocycles. The van der Waals surface area contributed by atoms with Crippen molar-refractivity contribution in [2.75, 3.05) is 0 Å². The molecule has 5 heteroatoms. The van der Waals surface area contributed by atoms with E-state index in [0.717, 1.165) is 18.4 Å². The van der Waals surface area contributed by atoms with Crippen LogP contribution in [-0.2, 0) is 6.42 Å². The van der Waals surface area contributed by atoms with Gasteiger partial charge in [0.15, 0.2) is 0 Å². The van der Waals surface area contributed by atoms with E-state index < -0.39 is 16.4 Å². The van der Waals surface area contributed by atoms with Crippen LogP contribution in [0, 0.1) is 27.8 Å². The molecule has 2 rings (SSSR count). The van der Waals surface area contributed by atoms with Crippen molar-refractivity contribution in [1.82, 2.24) is 0 Å². The third-order valence-corrected chi connectivity index (χ3v) is 4.55. The van der Waals surface area contributed by atoms with Crippen molar-refractivity contribution in [3.05, 3.63) is 39.7 Å². The molecule has 0 amide bonds. The van der Waals surface area contributed by atoms with Crippen LogP contribution in [-0.4, -0.2) is 11.0 Å². The van der Waals surface area contributed by atoms with E-state index in [0.29, 0.717) is 18.3 Å². The predicted molar refractivity (Wildman–Crippen MR) is 80.5 cm³/mol. The average molecular weight is 294 g/mol. The fourth-order valence-electron chi connectivity index (χ4n) is 3.42. The first-order chi connectivity index (χ1) is 10.0. The van der Waals surface area contributed by atoms with Crippen LogP contribution < -0.4 is 5.73 Å². The number of nitro benzene ring substituents is 1. The fourth-order valence-corrected chi connectivity index (χ4v) is 3.42. The molecule has 1 aliphatic carbocycles. The van der Waals surface area contributed by atoms with Gasteiger partial charge in [0.25, 0.3) is 0 Å². The van der Waals surface area contributed by atoms with Crippen molar-refractivity contribution >= 4 is 5.69 Å². The van der Waals surface area contributed by atoms with Crippen LogP contribution in [0.1, 0.15) is 44.6 Å². The van der Waals surface area contributed by atoms with E-state index in [4.69, 9.17) is 5.73 Å². The van der Waals surface area contributed by atoms with Crippen molar-refractivity contribution in [3.8, 4) is 0 Å². The largest absolute Gasteiger partial charge is 0.327 e. The predicted octanol–water partition coefficient (Wildman–Crippen LogP) is 3.82. The van der Waals surface area contributed by atoms with E-state index in [1.54, 1.807) is 6.07 Å². The summed E-state index contributed by atoms with van der Waals surface area (Å²) in [6.07, 6.45) is 6.38.